The molecule has 5 aliphatic rings. The molecule has 0 radical (unpaired) electrons. The van der Waals surface area contributed by atoms with E-state index in [4.69, 9.17) is 9.31 Å². The second-order valence-electron chi connectivity index (χ2n) is 13.9. The fourth-order valence-electron chi connectivity index (χ4n) is 7.84. The first-order valence-corrected chi connectivity index (χ1v) is 15.0. The molecule has 0 aromatic heterocycles. The molecule has 3 saturated carbocycles. The van der Waals surface area contributed by atoms with E-state index in [1.165, 1.54) is 12.0 Å². The molecule has 1 unspecified atom stereocenters. The number of fused-ring (bicyclic) bond motifs is 1. The number of hydrogen-bond donors (Lipinski definition) is 2. The predicted octanol–water partition coefficient (Wildman–Crippen LogP) is 5.12. The molecule has 4 fully saturated rings. The Hall–Kier alpha value is -1.86. The van der Waals surface area contributed by atoms with Crippen LogP contribution in [-0.2, 0) is 26.9 Å². The van der Waals surface area contributed by atoms with Gasteiger partial charge in [0.2, 0.25) is 5.91 Å². The average Bonchev–Trinajstić information content (AvgIpc) is 3.23. The molecule has 6 atom stereocenters. The number of aryl methyl sites for hydroxylation is 1. The Labute approximate surface area is 229 Å². The standard InChI is InChI=1S/C31H47BN2O4/c1-18(2)15-26(32-37-25-17-21-16-24(30(21,5)6)31(25,7)38-32)33-29(36)27(19(3)4)34-28(35)23-14-10-12-20-11-8-9-13-22(20)23/h10,12,14,18-19,21,24-27H,8-9,11,13,15-17H2,1-7H3,(H,33,36)(H,34,35)/t21-,24-,25?,26-,27-,31-/m0/s1. The molecular weight excluding hydrogens is 475 g/mol. The predicted molar refractivity (Wildman–Crippen MR) is 151 cm³/mol. The number of amides is 2. The summed E-state index contributed by atoms with van der Waals surface area (Å²) in [5, 5.41) is 6.34. The average molecular weight is 523 g/mol. The SMILES string of the molecule is CC(C)C[C@H](NC(=O)[C@@H](NC(=O)c1cccc2c1CCCC2)C(C)C)B1OC2C[C@@H]3C[C@@H](C3(C)C)[C@]2(C)O1. The van der Waals surface area contributed by atoms with Crippen molar-refractivity contribution in [3.8, 4) is 0 Å². The summed E-state index contributed by atoms with van der Waals surface area (Å²) < 4.78 is 13.3. The summed E-state index contributed by atoms with van der Waals surface area (Å²) in [4.78, 5) is 27.2. The molecule has 2 amide bonds. The van der Waals surface area contributed by atoms with Crippen molar-refractivity contribution in [2.24, 2.45) is 29.1 Å². The topological polar surface area (TPSA) is 76.7 Å². The van der Waals surface area contributed by atoms with Gasteiger partial charge in [-0.25, -0.2) is 0 Å². The second kappa shape index (κ2) is 10.3. The summed E-state index contributed by atoms with van der Waals surface area (Å²) in [6.07, 6.45) is 7.23. The first kappa shape index (κ1) is 27.7. The summed E-state index contributed by atoms with van der Waals surface area (Å²) in [5.41, 5.74) is 3.06. The molecule has 38 heavy (non-hydrogen) atoms. The van der Waals surface area contributed by atoms with E-state index in [1.54, 1.807) is 0 Å². The lowest BCUT2D eigenvalue weighted by molar-refractivity contribution is -0.199. The molecule has 2 N–H and O–H groups in total. The fraction of sp³-hybridized carbons (Fsp3) is 0.742. The van der Waals surface area contributed by atoms with E-state index < -0.39 is 13.2 Å². The number of benzene rings is 1. The van der Waals surface area contributed by atoms with Crippen LogP contribution in [-0.4, -0.2) is 42.6 Å². The molecular formula is C31H47BN2O4. The van der Waals surface area contributed by atoms with Crippen LogP contribution in [0.25, 0.3) is 0 Å². The van der Waals surface area contributed by atoms with Crippen LogP contribution in [0.5, 0.6) is 0 Å². The quantitative estimate of drug-likeness (QED) is 0.465. The largest absolute Gasteiger partial charge is 0.481 e. The molecule has 1 heterocycles. The molecule has 6 rings (SSSR count). The van der Waals surface area contributed by atoms with Crippen molar-refractivity contribution in [1.82, 2.24) is 10.6 Å². The summed E-state index contributed by atoms with van der Waals surface area (Å²) in [6.45, 7) is 15.2. The van der Waals surface area contributed by atoms with E-state index in [2.05, 4.69) is 51.3 Å². The molecule has 1 aromatic rings. The highest BCUT2D eigenvalue weighted by Gasteiger charge is 2.68. The molecule has 208 valence electrons. The maximum Gasteiger partial charge on any atom is 0.481 e. The number of rotatable bonds is 8. The van der Waals surface area contributed by atoms with E-state index in [-0.39, 0.29) is 40.8 Å². The summed E-state index contributed by atoms with van der Waals surface area (Å²) in [5.74, 6) is 0.849. The lowest BCUT2D eigenvalue weighted by Crippen LogP contribution is -2.65. The first-order chi connectivity index (χ1) is 17.9. The van der Waals surface area contributed by atoms with Gasteiger partial charge in [-0.15, -0.1) is 0 Å². The summed E-state index contributed by atoms with van der Waals surface area (Å²) in [7, 11) is -0.476. The van der Waals surface area contributed by atoms with Crippen LogP contribution < -0.4 is 10.6 Å². The Morgan fingerprint density at radius 2 is 1.79 bits per heavy atom. The van der Waals surface area contributed by atoms with Gasteiger partial charge in [0.05, 0.1) is 17.6 Å². The van der Waals surface area contributed by atoms with Gasteiger partial charge < -0.3 is 19.9 Å². The lowest BCUT2D eigenvalue weighted by atomic mass is 9.43. The Bertz CT molecular complexity index is 1070. The van der Waals surface area contributed by atoms with Gasteiger partial charge in [-0.1, -0.05) is 53.7 Å². The minimum Gasteiger partial charge on any atom is -0.404 e. The fourth-order valence-corrected chi connectivity index (χ4v) is 7.84. The Balaban J connectivity index is 1.30. The molecule has 0 spiro atoms. The van der Waals surface area contributed by atoms with E-state index in [9.17, 15) is 9.59 Å². The second-order valence-corrected chi connectivity index (χ2v) is 13.9. The normalized spacial score (nSPS) is 30.8. The van der Waals surface area contributed by atoms with Gasteiger partial charge in [-0.05, 0) is 98.1 Å². The lowest BCUT2D eigenvalue weighted by Gasteiger charge is -2.64. The molecule has 6 nitrogen and oxygen atoms in total. The Morgan fingerprint density at radius 1 is 1.05 bits per heavy atom. The molecule has 1 aromatic carbocycles. The smallest absolute Gasteiger partial charge is 0.404 e. The third-order valence-corrected chi connectivity index (χ3v) is 10.2. The number of hydrogen-bond acceptors (Lipinski definition) is 4. The maximum atomic E-state index is 13.7. The first-order valence-electron chi connectivity index (χ1n) is 15.0. The van der Waals surface area contributed by atoms with Crippen LogP contribution in [0.4, 0.5) is 0 Å². The van der Waals surface area contributed by atoms with Crippen LogP contribution in [0.15, 0.2) is 18.2 Å². The Kier molecular flexibility index (Phi) is 7.49. The highest BCUT2D eigenvalue weighted by atomic mass is 16.7. The molecule has 4 aliphatic carbocycles. The van der Waals surface area contributed by atoms with Gasteiger partial charge in [0, 0.05) is 5.56 Å². The van der Waals surface area contributed by atoms with Crippen molar-refractivity contribution in [2.45, 2.75) is 117 Å². The van der Waals surface area contributed by atoms with Gasteiger partial charge in [0.15, 0.2) is 0 Å². The van der Waals surface area contributed by atoms with Gasteiger partial charge in [0.1, 0.15) is 6.04 Å². The van der Waals surface area contributed by atoms with Gasteiger partial charge in [-0.2, -0.15) is 0 Å². The van der Waals surface area contributed by atoms with E-state index in [0.29, 0.717) is 23.3 Å². The van der Waals surface area contributed by atoms with Gasteiger partial charge in [0.25, 0.3) is 5.91 Å². The van der Waals surface area contributed by atoms with Crippen molar-refractivity contribution >= 4 is 18.9 Å². The molecule has 1 aliphatic heterocycles. The third kappa shape index (κ3) is 4.83. The van der Waals surface area contributed by atoms with Crippen LogP contribution in [0.3, 0.4) is 0 Å². The van der Waals surface area contributed by atoms with E-state index in [0.717, 1.165) is 44.1 Å². The van der Waals surface area contributed by atoms with Crippen molar-refractivity contribution < 1.29 is 18.9 Å². The summed E-state index contributed by atoms with van der Waals surface area (Å²) in [6, 6.07) is 5.34. The summed E-state index contributed by atoms with van der Waals surface area (Å²) >= 11 is 0. The van der Waals surface area contributed by atoms with E-state index >= 15 is 0 Å². The van der Waals surface area contributed by atoms with Gasteiger partial charge in [-0.3, -0.25) is 9.59 Å². The van der Waals surface area contributed by atoms with Crippen molar-refractivity contribution in [3.63, 3.8) is 0 Å². The zero-order valence-corrected chi connectivity index (χ0v) is 24.4. The molecule has 2 bridgehead atoms. The van der Waals surface area contributed by atoms with Crippen molar-refractivity contribution in [2.75, 3.05) is 0 Å². The van der Waals surface area contributed by atoms with Gasteiger partial charge >= 0.3 is 7.12 Å². The van der Waals surface area contributed by atoms with E-state index in [1.807, 2.05) is 26.0 Å². The number of carbonyl (C=O) groups excluding carboxylic acids is 2. The molecule has 1 saturated heterocycles. The van der Waals surface area contributed by atoms with Crippen LogP contribution in [0, 0.1) is 29.1 Å². The monoisotopic (exact) mass is 522 g/mol. The minimum atomic E-state index is -0.636. The Morgan fingerprint density at radius 3 is 2.47 bits per heavy atom. The van der Waals surface area contributed by atoms with Crippen LogP contribution >= 0.6 is 0 Å². The van der Waals surface area contributed by atoms with Crippen LogP contribution in [0.2, 0.25) is 0 Å². The number of nitrogens with one attached hydrogen (secondary N) is 2. The highest BCUT2D eigenvalue weighted by molar-refractivity contribution is 6.48. The zero-order valence-electron chi connectivity index (χ0n) is 24.4. The minimum absolute atomic E-state index is 0.0586. The molecule has 7 heteroatoms. The number of carbonyl (C=O) groups is 2. The van der Waals surface area contributed by atoms with Crippen molar-refractivity contribution in [3.05, 3.63) is 34.9 Å². The highest BCUT2D eigenvalue weighted by Crippen LogP contribution is 2.65. The van der Waals surface area contributed by atoms with Crippen molar-refractivity contribution in [1.29, 1.82) is 0 Å². The zero-order chi connectivity index (χ0) is 27.4. The maximum absolute atomic E-state index is 13.7. The third-order valence-electron chi connectivity index (χ3n) is 10.2. The van der Waals surface area contributed by atoms with Crippen LogP contribution in [0.1, 0.15) is 102 Å².